The molecule has 3 aliphatic heterocycles. The molecule has 1 spiro atoms. The van der Waals surface area contributed by atoms with Gasteiger partial charge in [0.25, 0.3) is 0 Å². The molecule has 4 heterocycles. The maximum atomic E-state index is 12.5. The van der Waals surface area contributed by atoms with Crippen molar-refractivity contribution < 1.29 is 9.53 Å². The molecule has 1 atom stereocenters. The Labute approximate surface area is 131 Å². The summed E-state index contributed by atoms with van der Waals surface area (Å²) in [6, 6.07) is 6.42. The van der Waals surface area contributed by atoms with Crippen molar-refractivity contribution >= 4 is 11.7 Å². The minimum atomic E-state index is 0.132. The Morgan fingerprint density at radius 3 is 2.86 bits per heavy atom. The third kappa shape index (κ3) is 2.52. The lowest BCUT2D eigenvalue weighted by atomic mass is 9.86. The van der Waals surface area contributed by atoms with Crippen LogP contribution >= 0.6 is 0 Å². The quantitative estimate of drug-likeness (QED) is 0.834. The number of aromatic nitrogens is 1. The molecule has 3 saturated heterocycles. The molecule has 0 aliphatic carbocycles. The molecule has 0 saturated carbocycles. The number of pyridine rings is 1. The Balaban J connectivity index is 1.46. The van der Waals surface area contributed by atoms with Crippen LogP contribution in [0.25, 0.3) is 0 Å². The zero-order chi connectivity index (χ0) is 15.0. The number of carbonyl (C=O) groups is 1. The van der Waals surface area contributed by atoms with Crippen molar-refractivity contribution in [2.45, 2.75) is 31.7 Å². The number of ether oxygens (including phenoxy) is 1. The van der Waals surface area contributed by atoms with E-state index in [0.29, 0.717) is 12.5 Å². The average molecular weight is 301 g/mol. The number of nitrogens with zero attached hydrogens (tertiary/aromatic N) is 3. The Morgan fingerprint density at radius 1 is 1.23 bits per heavy atom. The summed E-state index contributed by atoms with van der Waals surface area (Å²) in [4.78, 5) is 21.3. The molecule has 0 bridgehead atoms. The predicted molar refractivity (Wildman–Crippen MR) is 83.7 cm³/mol. The second-order valence-electron chi connectivity index (χ2n) is 6.91. The predicted octanol–water partition coefficient (Wildman–Crippen LogP) is 1.69. The van der Waals surface area contributed by atoms with Gasteiger partial charge in [-0.1, -0.05) is 6.07 Å². The molecule has 5 heteroatoms. The highest BCUT2D eigenvalue weighted by Crippen LogP contribution is 2.42. The van der Waals surface area contributed by atoms with E-state index in [1.165, 1.54) is 0 Å². The molecule has 3 fully saturated rings. The number of hydrogen-bond donors (Lipinski definition) is 0. The summed E-state index contributed by atoms with van der Waals surface area (Å²) >= 11 is 0. The molecule has 22 heavy (non-hydrogen) atoms. The number of anilines is 1. The van der Waals surface area contributed by atoms with E-state index in [1.54, 1.807) is 6.20 Å². The van der Waals surface area contributed by atoms with Gasteiger partial charge >= 0.3 is 0 Å². The molecular weight excluding hydrogens is 278 g/mol. The van der Waals surface area contributed by atoms with Crippen LogP contribution in [0.4, 0.5) is 5.82 Å². The molecule has 118 valence electrons. The standard InChI is InChI=1S/C17H23N3O2/c21-16-11-17(13-20(16)15-3-1-2-7-18-15)6-8-19(12-17)14-4-9-22-10-5-14/h1-3,7,14H,4-6,8-13H2. The number of amides is 1. The maximum absolute atomic E-state index is 12.5. The van der Waals surface area contributed by atoms with Crippen LogP contribution in [0.3, 0.4) is 0 Å². The number of hydrogen-bond acceptors (Lipinski definition) is 4. The van der Waals surface area contributed by atoms with Crippen molar-refractivity contribution in [3.63, 3.8) is 0 Å². The molecule has 3 aliphatic rings. The van der Waals surface area contributed by atoms with E-state index in [2.05, 4.69) is 9.88 Å². The molecule has 1 aromatic rings. The van der Waals surface area contributed by atoms with Gasteiger partial charge in [-0.15, -0.1) is 0 Å². The normalized spacial score (nSPS) is 30.5. The van der Waals surface area contributed by atoms with Crippen molar-refractivity contribution in [3.8, 4) is 0 Å². The van der Waals surface area contributed by atoms with Crippen LogP contribution in [0, 0.1) is 5.41 Å². The van der Waals surface area contributed by atoms with E-state index < -0.39 is 0 Å². The van der Waals surface area contributed by atoms with Gasteiger partial charge in [0.1, 0.15) is 5.82 Å². The van der Waals surface area contributed by atoms with Crippen LogP contribution in [0.5, 0.6) is 0 Å². The van der Waals surface area contributed by atoms with Gasteiger partial charge in [0, 0.05) is 50.4 Å². The fourth-order valence-corrected chi connectivity index (χ4v) is 4.22. The number of rotatable bonds is 2. The summed E-state index contributed by atoms with van der Waals surface area (Å²) in [5.41, 5.74) is 0.132. The van der Waals surface area contributed by atoms with Crippen molar-refractivity contribution in [1.29, 1.82) is 0 Å². The van der Waals surface area contributed by atoms with Gasteiger partial charge in [0.2, 0.25) is 5.91 Å². The molecule has 1 aromatic heterocycles. The highest BCUT2D eigenvalue weighted by atomic mass is 16.5. The lowest BCUT2D eigenvalue weighted by molar-refractivity contribution is -0.117. The zero-order valence-corrected chi connectivity index (χ0v) is 12.9. The van der Waals surface area contributed by atoms with Gasteiger partial charge in [-0.2, -0.15) is 0 Å². The highest BCUT2D eigenvalue weighted by Gasteiger charge is 2.49. The first-order valence-electron chi connectivity index (χ1n) is 8.29. The first-order valence-corrected chi connectivity index (χ1v) is 8.29. The Bertz CT molecular complexity index is 544. The van der Waals surface area contributed by atoms with Gasteiger partial charge in [-0.25, -0.2) is 4.98 Å². The average Bonchev–Trinajstić information content (AvgIpc) is 3.13. The van der Waals surface area contributed by atoms with Crippen LogP contribution < -0.4 is 4.90 Å². The summed E-state index contributed by atoms with van der Waals surface area (Å²) in [5, 5.41) is 0. The lowest BCUT2D eigenvalue weighted by Gasteiger charge is -2.32. The minimum Gasteiger partial charge on any atom is -0.381 e. The van der Waals surface area contributed by atoms with E-state index in [9.17, 15) is 4.79 Å². The summed E-state index contributed by atoms with van der Waals surface area (Å²) in [7, 11) is 0. The molecular formula is C17H23N3O2. The zero-order valence-electron chi connectivity index (χ0n) is 12.9. The number of carbonyl (C=O) groups excluding carboxylic acids is 1. The van der Waals surface area contributed by atoms with Gasteiger partial charge in [0.15, 0.2) is 0 Å². The topological polar surface area (TPSA) is 45.7 Å². The maximum Gasteiger partial charge on any atom is 0.228 e. The van der Waals surface area contributed by atoms with E-state index in [0.717, 1.165) is 57.9 Å². The van der Waals surface area contributed by atoms with Crippen molar-refractivity contribution in [1.82, 2.24) is 9.88 Å². The van der Waals surface area contributed by atoms with Crippen LogP contribution in [-0.4, -0.2) is 54.7 Å². The van der Waals surface area contributed by atoms with Crippen molar-refractivity contribution in [3.05, 3.63) is 24.4 Å². The van der Waals surface area contributed by atoms with Crippen LogP contribution in [0.1, 0.15) is 25.7 Å². The van der Waals surface area contributed by atoms with Gasteiger partial charge in [-0.3, -0.25) is 14.6 Å². The molecule has 4 rings (SSSR count). The molecule has 1 amide bonds. The summed E-state index contributed by atoms with van der Waals surface area (Å²) in [6.07, 6.45) is 5.82. The third-order valence-corrected chi connectivity index (χ3v) is 5.42. The molecule has 5 nitrogen and oxygen atoms in total. The monoisotopic (exact) mass is 301 g/mol. The van der Waals surface area contributed by atoms with Gasteiger partial charge in [-0.05, 0) is 37.9 Å². The van der Waals surface area contributed by atoms with Crippen LogP contribution in [-0.2, 0) is 9.53 Å². The smallest absolute Gasteiger partial charge is 0.228 e. The van der Waals surface area contributed by atoms with Crippen LogP contribution in [0.2, 0.25) is 0 Å². The van der Waals surface area contributed by atoms with E-state index in [4.69, 9.17) is 4.74 Å². The number of likely N-dealkylation sites (tertiary alicyclic amines) is 1. The summed E-state index contributed by atoms with van der Waals surface area (Å²) < 4.78 is 5.47. The van der Waals surface area contributed by atoms with E-state index in [1.807, 2.05) is 23.1 Å². The fourth-order valence-electron chi connectivity index (χ4n) is 4.22. The highest BCUT2D eigenvalue weighted by molar-refractivity contribution is 5.95. The molecule has 1 unspecified atom stereocenters. The first kappa shape index (κ1) is 14.2. The lowest BCUT2D eigenvalue weighted by Crippen LogP contribution is -2.40. The minimum absolute atomic E-state index is 0.132. The van der Waals surface area contributed by atoms with Gasteiger partial charge < -0.3 is 4.74 Å². The third-order valence-electron chi connectivity index (χ3n) is 5.42. The second-order valence-corrected chi connectivity index (χ2v) is 6.91. The fraction of sp³-hybridized carbons (Fsp3) is 0.647. The molecule has 0 aromatic carbocycles. The first-order chi connectivity index (χ1) is 10.8. The van der Waals surface area contributed by atoms with Gasteiger partial charge in [0.05, 0.1) is 0 Å². The van der Waals surface area contributed by atoms with Crippen LogP contribution in [0.15, 0.2) is 24.4 Å². The van der Waals surface area contributed by atoms with E-state index in [-0.39, 0.29) is 11.3 Å². The Morgan fingerprint density at radius 2 is 2.09 bits per heavy atom. The molecule has 0 radical (unpaired) electrons. The largest absolute Gasteiger partial charge is 0.381 e. The van der Waals surface area contributed by atoms with E-state index >= 15 is 0 Å². The SMILES string of the molecule is O=C1CC2(CCN(C3CCOCC3)C2)CN1c1ccccn1. The molecule has 0 N–H and O–H groups in total. The second kappa shape index (κ2) is 5.63. The van der Waals surface area contributed by atoms with Crippen molar-refractivity contribution in [2.75, 3.05) is 37.7 Å². The van der Waals surface area contributed by atoms with Crippen molar-refractivity contribution in [2.24, 2.45) is 5.41 Å². The Kier molecular flexibility index (Phi) is 3.62. The Hall–Kier alpha value is -1.46. The summed E-state index contributed by atoms with van der Waals surface area (Å²) in [6.45, 7) is 4.75. The summed E-state index contributed by atoms with van der Waals surface area (Å²) in [5.74, 6) is 1.03.